The van der Waals surface area contributed by atoms with Crippen LogP contribution in [0.3, 0.4) is 0 Å². The summed E-state index contributed by atoms with van der Waals surface area (Å²) in [4.78, 5) is 22.6. The SMILES string of the molecule is CC(=O)Nc1ccc(S(=O)(=O)N2CCN(c3nc(C)cc(Nc4ccc(C)cc4)n3)CC2)cc1. The Balaban J connectivity index is 1.43. The summed E-state index contributed by atoms with van der Waals surface area (Å²) < 4.78 is 27.6. The van der Waals surface area contributed by atoms with Gasteiger partial charge in [-0.1, -0.05) is 17.7 Å². The van der Waals surface area contributed by atoms with E-state index in [2.05, 4.69) is 20.6 Å². The van der Waals surface area contributed by atoms with Gasteiger partial charge in [-0.05, 0) is 50.2 Å². The first-order valence-electron chi connectivity index (χ1n) is 11.0. The molecule has 1 aliphatic rings. The Hall–Kier alpha value is -3.50. The molecule has 9 nitrogen and oxygen atoms in total. The monoisotopic (exact) mass is 480 g/mol. The molecule has 1 amide bonds. The number of rotatable bonds is 6. The molecule has 0 saturated carbocycles. The van der Waals surface area contributed by atoms with Gasteiger partial charge in [-0.15, -0.1) is 0 Å². The first-order chi connectivity index (χ1) is 16.2. The lowest BCUT2D eigenvalue weighted by Gasteiger charge is -2.34. The van der Waals surface area contributed by atoms with Crippen LogP contribution in [0.15, 0.2) is 59.5 Å². The van der Waals surface area contributed by atoms with E-state index in [1.165, 1.54) is 28.9 Å². The molecule has 10 heteroatoms. The molecule has 2 aromatic carbocycles. The van der Waals surface area contributed by atoms with Crippen molar-refractivity contribution in [2.75, 3.05) is 41.7 Å². The summed E-state index contributed by atoms with van der Waals surface area (Å²) in [6.07, 6.45) is 0. The average Bonchev–Trinajstić information content (AvgIpc) is 2.80. The van der Waals surface area contributed by atoms with Crippen LogP contribution in [0.1, 0.15) is 18.2 Å². The van der Waals surface area contributed by atoms with Crippen LogP contribution < -0.4 is 15.5 Å². The standard InChI is InChI=1S/C24H28N6O3S/c1-17-4-6-21(7-5-17)27-23-16-18(2)25-24(28-23)29-12-14-30(15-13-29)34(32,33)22-10-8-20(9-11-22)26-19(3)31/h4-11,16H,12-15H2,1-3H3,(H,26,31)(H,25,27,28). The zero-order valence-corrected chi connectivity index (χ0v) is 20.3. The van der Waals surface area contributed by atoms with E-state index in [0.29, 0.717) is 43.6 Å². The summed E-state index contributed by atoms with van der Waals surface area (Å²) in [6.45, 7) is 6.98. The summed E-state index contributed by atoms with van der Waals surface area (Å²) in [5.41, 5.74) is 3.51. The minimum atomic E-state index is -3.63. The first kappa shape index (κ1) is 23.7. The predicted molar refractivity (Wildman–Crippen MR) is 133 cm³/mol. The van der Waals surface area contributed by atoms with E-state index >= 15 is 0 Å². The van der Waals surface area contributed by atoms with Crippen molar-refractivity contribution in [3.05, 3.63) is 65.9 Å². The van der Waals surface area contributed by atoms with Gasteiger partial charge >= 0.3 is 0 Å². The lowest BCUT2D eigenvalue weighted by atomic mass is 10.2. The molecule has 2 heterocycles. The molecular weight excluding hydrogens is 452 g/mol. The summed E-state index contributed by atoms with van der Waals surface area (Å²) in [5, 5.41) is 5.95. The zero-order valence-electron chi connectivity index (χ0n) is 19.4. The highest BCUT2D eigenvalue weighted by molar-refractivity contribution is 7.89. The van der Waals surface area contributed by atoms with E-state index in [4.69, 9.17) is 0 Å². The van der Waals surface area contributed by atoms with Gasteiger partial charge in [-0.25, -0.2) is 13.4 Å². The Bertz CT molecular complexity index is 1270. The Morgan fingerprint density at radius 2 is 1.50 bits per heavy atom. The number of piperazine rings is 1. The minimum absolute atomic E-state index is 0.200. The summed E-state index contributed by atoms with van der Waals surface area (Å²) in [7, 11) is -3.63. The normalized spacial score (nSPS) is 14.6. The molecule has 34 heavy (non-hydrogen) atoms. The summed E-state index contributed by atoms with van der Waals surface area (Å²) in [6, 6.07) is 16.2. The second kappa shape index (κ2) is 9.78. The van der Waals surface area contributed by atoms with Crippen molar-refractivity contribution >= 4 is 39.1 Å². The van der Waals surface area contributed by atoms with Crippen molar-refractivity contribution in [1.29, 1.82) is 0 Å². The number of carbonyl (C=O) groups is 1. The Morgan fingerprint density at radius 1 is 0.882 bits per heavy atom. The van der Waals surface area contributed by atoms with Crippen LogP contribution in [0.2, 0.25) is 0 Å². The molecule has 0 unspecified atom stereocenters. The van der Waals surface area contributed by atoms with E-state index in [9.17, 15) is 13.2 Å². The van der Waals surface area contributed by atoms with Crippen LogP contribution in [-0.2, 0) is 14.8 Å². The number of nitrogens with zero attached hydrogens (tertiary/aromatic N) is 4. The molecule has 1 aliphatic heterocycles. The molecule has 3 aromatic rings. The predicted octanol–water partition coefficient (Wildman–Crippen LogP) is 3.31. The number of amides is 1. The van der Waals surface area contributed by atoms with Gasteiger partial charge in [0.2, 0.25) is 21.9 Å². The molecule has 0 spiro atoms. The van der Waals surface area contributed by atoms with Crippen LogP contribution in [0.25, 0.3) is 0 Å². The Kier molecular flexibility index (Phi) is 6.80. The highest BCUT2D eigenvalue weighted by Gasteiger charge is 2.29. The largest absolute Gasteiger partial charge is 0.340 e. The third kappa shape index (κ3) is 5.52. The molecule has 0 radical (unpaired) electrons. The van der Waals surface area contributed by atoms with Crippen molar-refractivity contribution in [3.63, 3.8) is 0 Å². The molecular formula is C24H28N6O3S. The highest BCUT2D eigenvalue weighted by Crippen LogP contribution is 2.23. The van der Waals surface area contributed by atoms with Crippen LogP contribution in [0.5, 0.6) is 0 Å². The molecule has 0 atom stereocenters. The van der Waals surface area contributed by atoms with Crippen LogP contribution >= 0.6 is 0 Å². The van der Waals surface area contributed by atoms with Crippen LogP contribution in [0, 0.1) is 13.8 Å². The lowest BCUT2D eigenvalue weighted by molar-refractivity contribution is -0.114. The Labute approximate surface area is 199 Å². The molecule has 0 aliphatic carbocycles. The van der Waals surface area contributed by atoms with E-state index in [1.54, 1.807) is 12.1 Å². The van der Waals surface area contributed by atoms with Gasteiger partial charge < -0.3 is 15.5 Å². The molecule has 178 valence electrons. The maximum atomic E-state index is 13.1. The number of hydrogen-bond acceptors (Lipinski definition) is 7. The number of nitrogens with one attached hydrogen (secondary N) is 2. The van der Waals surface area contributed by atoms with E-state index in [0.717, 1.165) is 11.4 Å². The lowest BCUT2D eigenvalue weighted by Crippen LogP contribution is -2.49. The number of anilines is 4. The minimum Gasteiger partial charge on any atom is -0.340 e. The van der Waals surface area contributed by atoms with Gasteiger partial charge in [-0.3, -0.25) is 4.79 Å². The molecule has 1 saturated heterocycles. The first-order valence-corrected chi connectivity index (χ1v) is 12.5. The van der Waals surface area contributed by atoms with Gasteiger partial charge in [0.15, 0.2) is 0 Å². The quantitative estimate of drug-likeness (QED) is 0.557. The smallest absolute Gasteiger partial charge is 0.243 e. The van der Waals surface area contributed by atoms with Crippen molar-refractivity contribution in [2.45, 2.75) is 25.7 Å². The maximum absolute atomic E-state index is 13.1. The fourth-order valence-corrected chi connectivity index (χ4v) is 5.16. The van der Waals surface area contributed by atoms with Gasteiger partial charge in [-0.2, -0.15) is 9.29 Å². The van der Waals surface area contributed by atoms with Crippen molar-refractivity contribution in [3.8, 4) is 0 Å². The van der Waals surface area contributed by atoms with Crippen molar-refractivity contribution in [1.82, 2.24) is 14.3 Å². The number of benzene rings is 2. The Morgan fingerprint density at radius 3 is 2.12 bits per heavy atom. The number of aromatic nitrogens is 2. The molecule has 2 N–H and O–H groups in total. The molecule has 4 rings (SSSR count). The number of sulfonamides is 1. The van der Waals surface area contributed by atoms with Gasteiger partial charge in [0.05, 0.1) is 4.90 Å². The summed E-state index contributed by atoms with van der Waals surface area (Å²) >= 11 is 0. The van der Waals surface area contributed by atoms with E-state index < -0.39 is 10.0 Å². The summed E-state index contributed by atoms with van der Waals surface area (Å²) in [5.74, 6) is 1.06. The third-order valence-electron chi connectivity index (χ3n) is 5.50. The fraction of sp³-hybridized carbons (Fsp3) is 0.292. The van der Waals surface area contributed by atoms with Crippen LogP contribution in [0.4, 0.5) is 23.1 Å². The fourth-order valence-electron chi connectivity index (χ4n) is 3.73. The second-order valence-electron chi connectivity index (χ2n) is 8.28. The van der Waals surface area contributed by atoms with Gasteiger partial charge in [0.25, 0.3) is 0 Å². The molecule has 1 fully saturated rings. The average molecular weight is 481 g/mol. The van der Waals surface area contributed by atoms with Crippen LogP contribution in [-0.4, -0.2) is 54.8 Å². The number of aryl methyl sites for hydroxylation is 2. The van der Waals surface area contributed by atoms with Gasteiger partial charge in [0.1, 0.15) is 5.82 Å². The topological polar surface area (TPSA) is 108 Å². The van der Waals surface area contributed by atoms with E-state index in [1.807, 2.05) is 49.1 Å². The molecule has 1 aromatic heterocycles. The second-order valence-corrected chi connectivity index (χ2v) is 10.2. The third-order valence-corrected chi connectivity index (χ3v) is 7.41. The molecule has 0 bridgehead atoms. The highest BCUT2D eigenvalue weighted by atomic mass is 32.2. The maximum Gasteiger partial charge on any atom is 0.243 e. The number of carbonyl (C=O) groups excluding carboxylic acids is 1. The zero-order chi connectivity index (χ0) is 24.3. The van der Waals surface area contributed by atoms with E-state index in [-0.39, 0.29) is 10.8 Å². The van der Waals surface area contributed by atoms with Crippen molar-refractivity contribution in [2.24, 2.45) is 0 Å². The number of hydrogen-bond donors (Lipinski definition) is 2. The van der Waals surface area contributed by atoms with Crippen molar-refractivity contribution < 1.29 is 13.2 Å². The van der Waals surface area contributed by atoms with Gasteiger partial charge in [0, 0.05) is 56.2 Å².